The smallest absolute Gasteiger partial charge is 0.269 e. The number of aromatic nitrogens is 5. The lowest BCUT2D eigenvalue weighted by molar-refractivity contribution is -0.571. The Morgan fingerprint density at radius 2 is 1.30 bits per heavy atom. The van der Waals surface area contributed by atoms with Gasteiger partial charge in [-0.15, -0.1) is 0 Å². The Hall–Kier alpha value is -7.31. The molecule has 4 aromatic heterocycles. The van der Waals surface area contributed by atoms with Gasteiger partial charge in [0.1, 0.15) is 11.6 Å². The summed E-state index contributed by atoms with van der Waals surface area (Å²) in [5.41, 5.74) is 1.31. The van der Waals surface area contributed by atoms with Gasteiger partial charge in [-0.2, -0.15) is 0 Å². The first kappa shape index (κ1) is 26.9. The molecule has 6 heteroatoms. The van der Waals surface area contributed by atoms with Crippen molar-refractivity contribution in [3.63, 3.8) is 0 Å². The molecule has 0 bridgehead atoms. The molecule has 0 unspecified atom stereocenters. The van der Waals surface area contributed by atoms with Gasteiger partial charge in [0, 0.05) is 40.3 Å². The van der Waals surface area contributed by atoms with Crippen LogP contribution in [0.2, 0.25) is 0 Å². The van der Waals surface area contributed by atoms with Gasteiger partial charge in [0.2, 0.25) is 5.88 Å². The van der Waals surface area contributed by atoms with Crippen LogP contribution in [0.25, 0.3) is 72.3 Å². The minimum atomic E-state index is -2.08. The highest BCUT2D eigenvalue weighted by Gasteiger charge is 2.22. The predicted molar refractivity (Wildman–Crippen MR) is 257 cm³/mol. The normalized spacial score (nSPS) is 15.7. The van der Waals surface area contributed by atoms with Crippen LogP contribution in [0.1, 0.15) is 72.0 Å². The summed E-state index contributed by atoms with van der Waals surface area (Å²) in [6.45, 7) is 10.8. The molecule has 0 N–H and O–H groups in total. The molecule has 6 nitrogen and oxygen atoms in total. The molecule has 0 amide bonds. The number of rotatable bonds is 9. The fourth-order valence-electron chi connectivity index (χ4n) is 7.93. The quantitative estimate of drug-likeness (QED) is 0.107. The molecule has 63 heavy (non-hydrogen) atoms. The number of imidazole rings is 1. The summed E-state index contributed by atoms with van der Waals surface area (Å²) >= 11 is 0. The fraction of sp³-hybridized carbons (Fsp3) is 0.175. The molecule has 10 aromatic rings. The van der Waals surface area contributed by atoms with Crippen molar-refractivity contribution in [3.8, 4) is 51.1 Å². The largest absolute Gasteiger partial charge is 0.440 e. The molecule has 4 heterocycles. The molecular weight excluding hydrogens is 771 g/mol. The van der Waals surface area contributed by atoms with Gasteiger partial charge in [-0.25, -0.2) is 9.97 Å². The van der Waals surface area contributed by atoms with Crippen molar-refractivity contribution in [1.82, 2.24) is 19.1 Å². The number of fused-ring (bicyclic) bond motifs is 4. The molecule has 310 valence electrons. The van der Waals surface area contributed by atoms with Gasteiger partial charge in [-0.3, -0.25) is 13.7 Å². The summed E-state index contributed by atoms with van der Waals surface area (Å²) in [5.74, 6) is 0.830. The highest BCUT2D eigenvalue weighted by atomic mass is 16.5. The Morgan fingerprint density at radius 3 is 2.00 bits per heavy atom. The third kappa shape index (κ3) is 8.01. The van der Waals surface area contributed by atoms with Crippen molar-refractivity contribution in [2.75, 3.05) is 0 Å². The van der Waals surface area contributed by atoms with Crippen molar-refractivity contribution < 1.29 is 28.5 Å². The third-order valence-electron chi connectivity index (χ3n) is 10.3. The molecule has 6 aromatic carbocycles. The van der Waals surface area contributed by atoms with Crippen LogP contribution in [-0.2, 0) is 12.7 Å². The molecule has 0 aliphatic heterocycles. The van der Waals surface area contributed by atoms with E-state index in [1.54, 1.807) is 90.7 Å². The minimum absolute atomic E-state index is 0.00297. The summed E-state index contributed by atoms with van der Waals surface area (Å²) in [7, 11) is 0. The second kappa shape index (κ2) is 15.9. The van der Waals surface area contributed by atoms with Crippen molar-refractivity contribution in [3.05, 3.63) is 193 Å². The van der Waals surface area contributed by atoms with Crippen molar-refractivity contribution in [2.24, 2.45) is 10.8 Å². The van der Waals surface area contributed by atoms with E-state index in [0.717, 1.165) is 16.3 Å². The number of hydrogen-bond donors (Lipinski definition) is 0. The highest BCUT2D eigenvalue weighted by molar-refractivity contribution is 6.09. The lowest BCUT2D eigenvalue weighted by Crippen LogP contribution is -2.31. The molecule has 0 atom stereocenters. The van der Waals surface area contributed by atoms with Crippen molar-refractivity contribution in [1.29, 1.82) is 0 Å². The SMILES string of the molecule is [2H]c1c([2H])c([2H])c(-c2cccc(-c3c([2H])c([2H])c([2H])c([2H])c3[2H])c2-[n+]2[c-]n(-c3cc(Oc4ccc5c6ccccc6n(-c6cc(C([2H])([2H])C(C)(C)C)ccn6)c5c4)nc(C([2H])([2H])C(C)(C)C)c3)c3ccccc32)c([2H])c1[2H]. The molecule has 0 radical (unpaired) electrons. The first-order valence-corrected chi connectivity index (χ1v) is 20.6. The Balaban J connectivity index is 1.21. The van der Waals surface area contributed by atoms with Crippen molar-refractivity contribution in [2.45, 2.75) is 54.3 Å². The van der Waals surface area contributed by atoms with Crippen LogP contribution < -0.4 is 9.30 Å². The second-order valence-corrected chi connectivity index (χ2v) is 17.3. The summed E-state index contributed by atoms with van der Waals surface area (Å²) in [6, 6.07) is 25.9. The summed E-state index contributed by atoms with van der Waals surface area (Å²) in [5, 5.41) is 1.79. The maximum absolute atomic E-state index is 9.50. The van der Waals surface area contributed by atoms with Crippen LogP contribution in [-0.4, -0.2) is 19.1 Å². The second-order valence-electron chi connectivity index (χ2n) is 17.3. The number of hydrogen-bond acceptors (Lipinski definition) is 3. The van der Waals surface area contributed by atoms with E-state index in [2.05, 4.69) is 6.33 Å². The number of para-hydroxylation sites is 4. The molecule has 0 aliphatic carbocycles. The Kier molecular flexibility index (Phi) is 6.77. The van der Waals surface area contributed by atoms with E-state index in [4.69, 9.17) is 31.2 Å². The number of nitrogens with zero attached hydrogens (tertiary/aromatic N) is 5. The van der Waals surface area contributed by atoms with Crippen molar-refractivity contribution >= 4 is 32.8 Å². The van der Waals surface area contributed by atoms with Gasteiger partial charge in [0.05, 0.1) is 47.1 Å². The van der Waals surface area contributed by atoms with Gasteiger partial charge in [-0.05, 0) is 87.8 Å². The van der Waals surface area contributed by atoms with Crippen LogP contribution in [0.15, 0.2) is 176 Å². The maximum atomic E-state index is 9.50. The molecule has 0 saturated carbocycles. The van der Waals surface area contributed by atoms with E-state index >= 15 is 0 Å². The van der Waals surface area contributed by atoms with E-state index in [1.807, 2.05) is 61.7 Å². The zero-order chi connectivity index (χ0) is 55.6. The Bertz CT molecular complexity index is 3930. The summed E-state index contributed by atoms with van der Waals surface area (Å²) in [6.07, 6.45) is 1.21. The van der Waals surface area contributed by atoms with E-state index < -0.39 is 84.0 Å². The van der Waals surface area contributed by atoms with Gasteiger partial charge in [-0.1, -0.05) is 163 Å². The van der Waals surface area contributed by atoms with Crippen LogP contribution in [0.5, 0.6) is 11.6 Å². The molecule has 0 spiro atoms. The molecule has 0 aliphatic rings. The minimum Gasteiger partial charge on any atom is -0.440 e. The lowest BCUT2D eigenvalue weighted by atomic mass is 9.88. The maximum Gasteiger partial charge on any atom is 0.269 e. The topological polar surface area (TPSA) is 48.8 Å². The monoisotopic (exact) mass is 835 g/mol. The molecular formula is C57H51N5O. The zero-order valence-corrected chi connectivity index (χ0v) is 35.6. The molecule has 0 fully saturated rings. The average Bonchev–Trinajstić information content (AvgIpc) is 4.00. The number of ether oxygens (including phenoxy) is 1. The summed E-state index contributed by atoms with van der Waals surface area (Å²) < 4.78 is 137. The molecule has 0 saturated heterocycles. The average molecular weight is 836 g/mol. The number of benzene rings is 6. The Morgan fingerprint density at radius 1 is 0.651 bits per heavy atom. The van der Waals surface area contributed by atoms with Crippen LogP contribution in [0.4, 0.5) is 0 Å². The van der Waals surface area contributed by atoms with Crippen LogP contribution in [0.3, 0.4) is 0 Å². The summed E-state index contributed by atoms with van der Waals surface area (Å²) in [4.78, 5) is 9.56. The zero-order valence-electron chi connectivity index (χ0n) is 49.6. The van der Waals surface area contributed by atoms with E-state index in [-0.39, 0.29) is 39.5 Å². The standard InChI is InChI=1S/C57H51N5O/c1-56(2,3)36-39-30-31-58-53(32-39)62-49-25-14-13-22-47(49)48-29-28-44(35-52(48)62)63-54-34-43(33-42(59-54)37-57(4,5)6)60-38-61(51-27-16-15-26-50(51)60)55-45(40-18-9-7-10-19-40)23-17-24-46(55)41-20-11-8-12-21-41/h7-35H,36-37H2,1-6H3/i7D,8D,9D,10D,11D,12D,18D,19D,20D,21D,36D2,37D2. The van der Waals surface area contributed by atoms with Crippen LogP contribution >= 0.6 is 0 Å². The van der Waals surface area contributed by atoms with E-state index in [9.17, 15) is 2.74 Å². The van der Waals surface area contributed by atoms with Crippen LogP contribution in [0, 0.1) is 17.2 Å². The molecule has 10 rings (SSSR count). The number of pyridine rings is 2. The Labute approximate surface area is 389 Å². The fourth-order valence-corrected chi connectivity index (χ4v) is 7.93. The van der Waals surface area contributed by atoms with E-state index in [0.29, 0.717) is 39.4 Å². The van der Waals surface area contributed by atoms with Gasteiger partial charge in [0.25, 0.3) is 6.33 Å². The lowest BCUT2D eigenvalue weighted by Gasteiger charge is -2.19. The third-order valence-corrected chi connectivity index (χ3v) is 10.3. The van der Waals surface area contributed by atoms with E-state index in [1.165, 1.54) is 18.2 Å². The first-order valence-electron chi connectivity index (χ1n) is 27.6. The predicted octanol–water partition coefficient (Wildman–Crippen LogP) is 13.9. The van der Waals surface area contributed by atoms with Gasteiger partial charge >= 0.3 is 0 Å². The first-order chi connectivity index (χ1) is 36.1. The highest BCUT2D eigenvalue weighted by Crippen LogP contribution is 2.38. The van der Waals surface area contributed by atoms with Gasteiger partial charge in [0.15, 0.2) is 0 Å². The van der Waals surface area contributed by atoms with Gasteiger partial charge < -0.3 is 4.74 Å².